The van der Waals surface area contributed by atoms with Crippen LogP contribution in [0, 0.1) is 0 Å². The maximum absolute atomic E-state index is 12.6. The summed E-state index contributed by atoms with van der Waals surface area (Å²) in [6.45, 7) is 9.92. The Labute approximate surface area is 288 Å². The number of nitrogens with one attached hydrogen (secondary N) is 2. The zero-order chi connectivity index (χ0) is 35.2. The van der Waals surface area contributed by atoms with Gasteiger partial charge in [0.25, 0.3) is 22.5 Å². The van der Waals surface area contributed by atoms with Crippen LogP contribution in [0.4, 0.5) is 0 Å². The van der Waals surface area contributed by atoms with Gasteiger partial charge in [0.2, 0.25) is 12.6 Å². The second-order valence-corrected chi connectivity index (χ2v) is 13.6. The number of hydrogen-bond donors (Lipinski definition) is 2. The minimum Gasteiger partial charge on any atom is -0.425 e. The first-order valence-electron chi connectivity index (χ1n) is 17.6. The van der Waals surface area contributed by atoms with Gasteiger partial charge in [0.1, 0.15) is 49.3 Å². The topological polar surface area (TPSA) is 127 Å². The zero-order valence-corrected chi connectivity index (χ0v) is 29.0. The van der Waals surface area contributed by atoms with E-state index in [0.29, 0.717) is 11.6 Å². The summed E-state index contributed by atoms with van der Waals surface area (Å²) in [5.74, 6) is 1.33. The number of nitrogens with zero attached hydrogens (tertiary/aromatic N) is 6. The molecule has 0 atom stereocenters. The summed E-state index contributed by atoms with van der Waals surface area (Å²) in [7, 11) is 0. The fourth-order valence-corrected chi connectivity index (χ4v) is 8.81. The van der Waals surface area contributed by atoms with Crippen LogP contribution in [-0.4, -0.2) is 40.6 Å². The fraction of sp³-hybridized carbons (Fsp3) is 0.278. The number of aromatic nitrogens is 8. The number of imidazole rings is 2. The summed E-state index contributed by atoms with van der Waals surface area (Å²) >= 11 is 0. The summed E-state index contributed by atoms with van der Waals surface area (Å²) in [6.07, 6.45) is 8.75. The van der Waals surface area contributed by atoms with Gasteiger partial charge in [-0.05, 0) is 11.1 Å². The van der Waals surface area contributed by atoms with Crippen molar-refractivity contribution >= 4 is 24.0 Å². The van der Waals surface area contributed by atoms with E-state index in [0.717, 1.165) is 49.8 Å². The molecule has 256 valence electrons. The van der Waals surface area contributed by atoms with Crippen molar-refractivity contribution in [2.24, 2.45) is 0 Å². The highest BCUT2D eigenvalue weighted by Crippen LogP contribution is 2.26. The molecular formula is C36H42B2N8O4. The van der Waals surface area contributed by atoms with Gasteiger partial charge in [-0.15, -0.1) is 0 Å². The van der Waals surface area contributed by atoms with Crippen LogP contribution in [-0.2, 0) is 13.1 Å². The molecule has 0 bridgehead atoms. The van der Waals surface area contributed by atoms with E-state index in [1.807, 2.05) is 70.3 Å². The van der Waals surface area contributed by atoms with E-state index in [4.69, 9.17) is 0 Å². The maximum atomic E-state index is 12.6. The largest absolute Gasteiger partial charge is 0.425 e. The van der Waals surface area contributed by atoms with Crippen molar-refractivity contribution in [3.05, 3.63) is 150 Å². The molecule has 12 nitrogen and oxygen atoms in total. The average Bonchev–Trinajstić information content (AvgIpc) is 3.86. The van der Waals surface area contributed by atoms with E-state index in [-0.39, 0.29) is 22.5 Å². The monoisotopic (exact) mass is 672 g/mol. The minimum absolute atomic E-state index is 0.318. The standard InChI is InChI=1S/2C18H21BN4O2/c2*1-3-19(4-2)17-21(13-14-8-6-5-7-9-14)10-11-22(17)16-12-15(24)20-18(25)23(16)19/h2*5-12H,3-4,13H2,1-2H3,(H,20,24,25). The molecule has 6 aromatic rings. The van der Waals surface area contributed by atoms with Gasteiger partial charge in [-0.25, -0.2) is 9.13 Å². The summed E-state index contributed by atoms with van der Waals surface area (Å²) in [5.41, 5.74) is 3.27. The van der Waals surface area contributed by atoms with E-state index in [1.54, 1.807) is 8.96 Å². The van der Waals surface area contributed by atoms with Crippen molar-refractivity contribution in [2.45, 2.75) is 66.1 Å². The van der Waals surface area contributed by atoms with Gasteiger partial charge in [0.15, 0.2) is 11.6 Å². The molecule has 2 aliphatic rings. The van der Waals surface area contributed by atoms with Crippen molar-refractivity contribution in [2.75, 3.05) is 0 Å². The molecule has 0 fully saturated rings. The predicted molar refractivity (Wildman–Crippen MR) is 196 cm³/mol. The van der Waals surface area contributed by atoms with Gasteiger partial charge in [0.05, 0.1) is 12.1 Å². The SMILES string of the molecule is CC[B-]1(CC)c2n(cc[n+]2Cc2ccccc2)-c2cc(=O)[nH]c(=O)n21.CC[B-]1(CC)c2n(cc[n+]2Cc2ccccc2)-c2cc(=O)[nH]c(=O)n21. The quantitative estimate of drug-likeness (QED) is 0.188. The lowest BCUT2D eigenvalue weighted by molar-refractivity contribution is -0.670. The van der Waals surface area contributed by atoms with E-state index in [1.165, 1.54) is 23.3 Å². The molecule has 0 saturated heterocycles. The number of fused-ring (bicyclic) bond motifs is 6. The lowest BCUT2D eigenvalue weighted by atomic mass is 9.31. The Balaban J connectivity index is 0.000000157. The van der Waals surface area contributed by atoms with Gasteiger partial charge in [-0.2, -0.15) is 25.3 Å². The molecule has 14 heteroatoms. The van der Waals surface area contributed by atoms with Crippen LogP contribution in [0.3, 0.4) is 0 Å². The van der Waals surface area contributed by atoms with Gasteiger partial charge in [0, 0.05) is 0 Å². The average molecular weight is 672 g/mol. The smallest absolute Gasteiger partial charge is 0.291 e. The molecule has 4 aromatic heterocycles. The summed E-state index contributed by atoms with van der Waals surface area (Å²) in [6, 6.07) is 23.6. The van der Waals surface area contributed by atoms with Crippen LogP contribution in [0.5, 0.6) is 0 Å². The molecule has 0 aliphatic carbocycles. The Hall–Kier alpha value is -5.65. The van der Waals surface area contributed by atoms with Crippen LogP contribution < -0.4 is 43.1 Å². The van der Waals surface area contributed by atoms with E-state index in [2.05, 4.69) is 71.1 Å². The Morgan fingerprint density at radius 2 is 0.920 bits per heavy atom. The van der Waals surface area contributed by atoms with Crippen molar-refractivity contribution < 1.29 is 9.13 Å². The zero-order valence-electron chi connectivity index (χ0n) is 29.0. The Bertz CT molecular complexity index is 2260. The number of H-pyrrole nitrogens is 2. The van der Waals surface area contributed by atoms with E-state index in [9.17, 15) is 19.2 Å². The number of hydrogen-bond acceptors (Lipinski definition) is 4. The third kappa shape index (κ3) is 5.00. The van der Waals surface area contributed by atoms with Crippen LogP contribution in [0.15, 0.2) is 117 Å². The van der Waals surface area contributed by atoms with Crippen molar-refractivity contribution in [1.82, 2.24) is 28.1 Å². The molecule has 2 aliphatic heterocycles. The molecule has 0 unspecified atom stereocenters. The first-order chi connectivity index (χ1) is 24.2. The first-order valence-corrected chi connectivity index (χ1v) is 17.6. The number of benzene rings is 2. The summed E-state index contributed by atoms with van der Waals surface area (Å²) < 4.78 is 12.0. The second kappa shape index (κ2) is 12.7. The summed E-state index contributed by atoms with van der Waals surface area (Å²) in [5, 5.41) is 0. The normalized spacial score (nSPS) is 14.3. The highest BCUT2D eigenvalue weighted by atomic mass is 16.2. The highest BCUT2D eigenvalue weighted by molar-refractivity contribution is 6.90. The maximum Gasteiger partial charge on any atom is 0.291 e. The van der Waals surface area contributed by atoms with Crippen LogP contribution in [0.2, 0.25) is 25.3 Å². The molecular weight excluding hydrogens is 630 g/mol. The number of rotatable bonds is 8. The molecule has 0 saturated carbocycles. The first kappa shape index (κ1) is 32.9. The number of aromatic amines is 2. The van der Waals surface area contributed by atoms with Crippen molar-refractivity contribution in [1.29, 1.82) is 0 Å². The van der Waals surface area contributed by atoms with Crippen LogP contribution >= 0.6 is 0 Å². The molecule has 0 amide bonds. The molecule has 8 rings (SSSR count). The van der Waals surface area contributed by atoms with Crippen molar-refractivity contribution in [3.63, 3.8) is 0 Å². The molecule has 2 N–H and O–H groups in total. The molecule has 0 radical (unpaired) electrons. The molecule has 0 spiro atoms. The third-order valence-electron chi connectivity index (χ3n) is 11.3. The van der Waals surface area contributed by atoms with Crippen molar-refractivity contribution in [3.8, 4) is 11.6 Å². The van der Waals surface area contributed by atoms with E-state index < -0.39 is 12.6 Å². The fourth-order valence-electron chi connectivity index (χ4n) is 8.81. The Kier molecular flexibility index (Phi) is 8.33. The molecule has 2 aromatic carbocycles. The van der Waals surface area contributed by atoms with Gasteiger partial charge in [-0.3, -0.25) is 38.3 Å². The Morgan fingerprint density at radius 1 is 0.560 bits per heavy atom. The second-order valence-electron chi connectivity index (χ2n) is 13.6. The summed E-state index contributed by atoms with van der Waals surface area (Å²) in [4.78, 5) is 53.8. The van der Waals surface area contributed by atoms with Gasteiger partial charge < -0.3 is 8.96 Å². The highest BCUT2D eigenvalue weighted by Gasteiger charge is 2.46. The lowest BCUT2D eigenvalue weighted by Gasteiger charge is -2.31. The minimum atomic E-state index is -1.28. The third-order valence-corrected chi connectivity index (χ3v) is 11.3. The van der Waals surface area contributed by atoms with Crippen LogP contribution in [0.1, 0.15) is 38.8 Å². The van der Waals surface area contributed by atoms with Gasteiger partial charge in [-0.1, -0.05) is 88.4 Å². The van der Waals surface area contributed by atoms with Gasteiger partial charge >= 0.3 is 0 Å². The molecule has 6 heterocycles. The Morgan fingerprint density at radius 3 is 1.26 bits per heavy atom. The van der Waals surface area contributed by atoms with E-state index >= 15 is 0 Å². The lowest BCUT2D eigenvalue weighted by Crippen LogP contribution is -2.67. The van der Waals surface area contributed by atoms with Crippen LogP contribution in [0.25, 0.3) is 11.6 Å². The molecule has 50 heavy (non-hydrogen) atoms. The predicted octanol–water partition coefficient (Wildman–Crippen LogP) is 1.43.